The number of unbranched alkanes of at least 4 members (excludes halogenated alkanes) is 9. The lowest BCUT2D eigenvalue weighted by Gasteiger charge is -2.25. The minimum atomic E-state index is -2.03. The molecule has 0 aliphatic carbocycles. The van der Waals surface area contributed by atoms with Crippen molar-refractivity contribution >= 4 is 11.8 Å². The SMILES string of the molecule is CCCCCCCCCCC/C=C/O[C@@H](C(N)=O)[C@@H](O)[C@H](O)[C@H](O)C(N)=O. The van der Waals surface area contributed by atoms with Gasteiger partial charge in [0.1, 0.15) is 12.2 Å². The van der Waals surface area contributed by atoms with Crippen LogP contribution < -0.4 is 11.5 Å². The predicted molar refractivity (Wildman–Crippen MR) is 102 cm³/mol. The van der Waals surface area contributed by atoms with Crippen molar-refractivity contribution in [2.75, 3.05) is 0 Å². The Kier molecular flexibility index (Phi) is 14.5. The number of aliphatic hydroxyl groups excluding tert-OH is 3. The molecule has 8 nitrogen and oxygen atoms in total. The second-order valence-electron chi connectivity index (χ2n) is 6.78. The zero-order valence-electron chi connectivity index (χ0n) is 16.3. The van der Waals surface area contributed by atoms with Gasteiger partial charge in [-0.25, -0.2) is 0 Å². The van der Waals surface area contributed by atoms with E-state index in [0.29, 0.717) is 0 Å². The van der Waals surface area contributed by atoms with Gasteiger partial charge < -0.3 is 31.5 Å². The molecule has 0 aromatic rings. The third-order valence-electron chi connectivity index (χ3n) is 4.35. The molecule has 27 heavy (non-hydrogen) atoms. The van der Waals surface area contributed by atoms with Crippen molar-refractivity contribution in [3.8, 4) is 0 Å². The normalized spacial score (nSPS) is 16.0. The summed E-state index contributed by atoms with van der Waals surface area (Å²) in [5.41, 5.74) is 9.96. The molecule has 0 rings (SSSR count). The molecule has 7 N–H and O–H groups in total. The van der Waals surface area contributed by atoms with E-state index in [2.05, 4.69) is 6.92 Å². The number of carbonyl (C=O) groups is 2. The van der Waals surface area contributed by atoms with Crippen LogP contribution in [0.4, 0.5) is 0 Å². The summed E-state index contributed by atoms with van der Waals surface area (Å²) in [4.78, 5) is 22.2. The third-order valence-corrected chi connectivity index (χ3v) is 4.35. The number of rotatable bonds is 17. The minimum absolute atomic E-state index is 0.740. The molecule has 0 aliphatic heterocycles. The van der Waals surface area contributed by atoms with E-state index in [4.69, 9.17) is 16.2 Å². The van der Waals surface area contributed by atoms with Crippen LogP contribution in [-0.4, -0.2) is 51.5 Å². The highest BCUT2D eigenvalue weighted by Crippen LogP contribution is 2.12. The molecule has 158 valence electrons. The van der Waals surface area contributed by atoms with E-state index in [0.717, 1.165) is 19.3 Å². The zero-order chi connectivity index (χ0) is 20.7. The van der Waals surface area contributed by atoms with Crippen molar-refractivity contribution in [2.24, 2.45) is 11.5 Å². The Labute approximate surface area is 161 Å². The van der Waals surface area contributed by atoms with E-state index in [1.807, 2.05) is 0 Å². The van der Waals surface area contributed by atoms with Gasteiger partial charge in [0.05, 0.1) is 6.26 Å². The fourth-order valence-electron chi connectivity index (χ4n) is 2.63. The third kappa shape index (κ3) is 11.6. The molecule has 2 amide bonds. The van der Waals surface area contributed by atoms with Crippen LogP contribution in [0.5, 0.6) is 0 Å². The fourth-order valence-corrected chi connectivity index (χ4v) is 2.63. The number of hydrogen-bond acceptors (Lipinski definition) is 6. The molecule has 0 fully saturated rings. The Morgan fingerprint density at radius 2 is 1.37 bits per heavy atom. The Hall–Kier alpha value is -1.64. The second-order valence-corrected chi connectivity index (χ2v) is 6.78. The molecule has 0 aromatic carbocycles. The van der Waals surface area contributed by atoms with Gasteiger partial charge in [0, 0.05) is 0 Å². The summed E-state index contributed by atoms with van der Waals surface area (Å²) in [6, 6.07) is 0. The quantitative estimate of drug-likeness (QED) is 0.184. The molecule has 4 atom stereocenters. The fraction of sp³-hybridized carbons (Fsp3) is 0.789. The molecule has 0 bridgehead atoms. The van der Waals surface area contributed by atoms with Crippen LogP contribution in [0.3, 0.4) is 0 Å². The second kappa shape index (κ2) is 15.4. The topological polar surface area (TPSA) is 156 Å². The van der Waals surface area contributed by atoms with Gasteiger partial charge in [-0.3, -0.25) is 9.59 Å². The molecule has 0 spiro atoms. The molecular weight excluding hydrogens is 352 g/mol. The number of aliphatic hydroxyl groups is 3. The van der Waals surface area contributed by atoms with Gasteiger partial charge in [-0.2, -0.15) is 0 Å². The van der Waals surface area contributed by atoms with Crippen LogP contribution in [0.1, 0.15) is 71.1 Å². The monoisotopic (exact) mass is 388 g/mol. The van der Waals surface area contributed by atoms with E-state index in [1.165, 1.54) is 51.2 Å². The van der Waals surface area contributed by atoms with Crippen LogP contribution in [0.25, 0.3) is 0 Å². The number of nitrogens with two attached hydrogens (primary N) is 2. The number of hydrogen-bond donors (Lipinski definition) is 5. The van der Waals surface area contributed by atoms with Gasteiger partial charge in [-0.1, -0.05) is 58.3 Å². The highest BCUT2D eigenvalue weighted by atomic mass is 16.5. The van der Waals surface area contributed by atoms with Crippen molar-refractivity contribution in [3.05, 3.63) is 12.3 Å². The lowest BCUT2D eigenvalue weighted by atomic mass is 10.0. The smallest absolute Gasteiger partial charge is 0.261 e. The van der Waals surface area contributed by atoms with E-state index >= 15 is 0 Å². The summed E-state index contributed by atoms with van der Waals surface area (Å²) >= 11 is 0. The van der Waals surface area contributed by atoms with Gasteiger partial charge in [0.15, 0.2) is 6.10 Å². The average molecular weight is 389 g/mol. The van der Waals surface area contributed by atoms with Crippen LogP contribution in [0, 0.1) is 0 Å². The molecule has 0 heterocycles. The maximum Gasteiger partial charge on any atom is 0.261 e. The van der Waals surface area contributed by atoms with Crippen LogP contribution in [0.2, 0.25) is 0 Å². The summed E-state index contributed by atoms with van der Waals surface area (Å²) in [5.74, 6) is -2.27. The van der Waals surface area contributed by atoms with Gasteiger partial charge in [-0.15, -0.1) is 0 Å². The zero-order valence-corrected chi connectivity index (χ0v) is 16.3. The lowest BCUT2D eigenvalue weighted by molar-refractivity contribution is -0.152. The summed E-state index contributed by atoms with van der Waals surface area (Å²) in [6.45, 7) is 2.20. The predicted octanol–water partition coefficient (Wildman–Crippen LogP) is 0.860. The van der Waals surface area contributed by atoms with Crippen molar-refractivity contribution in [2.45, 2.75) is 95.5 Å². The summed E-state index contributed by atoms with van der Waals surface area (Å²) in [7, 11) is 0. The van der Waals surface area contributed by atoms with E-state index in [-0.39, 0.29) is 0 Å². The largest absolute Gasteiger partial charge is 0.486 e. The highest BCUT2D eigenvalue weighted by Gasteiger charge is 2.37. The summed E-state index contributed by atoms with van der Waals surface area (Å²) in [5, 5.41) is 28.9. The molecule has 0 aromatic heterocycles. The first-order chi connectivity index (χ1) is 12.8. The Balaban J connectivity index is 4.04. The van der Waals surface area contributed by atoms with Crippen LogP contribution in [0.15, 0.2) is 12.3 Å². The Bertz CT molecular complexity index is 444. The van der Waals surface area contributed by atoms with E-state index in [9.17, 15) is 24.9 Å². The van der Waals surface area contributed by atoms with Gasteiger partial charge in [0.25, 0.3) is 5.91 Å². The van der Waals surface area contributed by atoms with E-state index in [1.54, 1.807) is 6.08 Å². The van der Waals surface area contributed by atoms with E-state index < -0.39 is 36.2 Å². The van der Waals surface area contributed by atoms with Crippen molar-refractivity contribution in [1.82, 2.24) is 0 Å². The molecule has 0 saturated heterocycles. The number of primary amides is 2. The number of ether oxygens (including phenoxy) is 1. The molecule has 0 saturated carbocycles. The maximum absolute atomic E-state index is 11.4. The highest BCUT2D eigenvalue weighted by molar-refractivity contribution is 5.81. The summed E-state index contributed by atoms with van der Waals surface area (Å²) in [6.07, 6.45) is 7.11. The molecule has 0 aliphatic rings. The first kappa shape index (κ1) is 25.4. The van der Waals surface area contributed by atoms with Crippen molar-refractivity contribution in [1.29, 1.82) is 0 Å². The number of allylic oxidation sites excluding steroid dienone is 1. The molecule has 0 unspecified atom stereocenters. The standard InChI is InChI=1S/C19H36N2O6/c1-2-3-4-5-6-7-8-9-10-11-12-13-27-17(19(21)26)15(23)14(22)16(24)18(20)25/h12-17,22-24H,2-11H2,1H3,(H2,20,25)(H2,21,26)/b13-12+/t14-,15-,16-,17+/m0/s1. The minimum Gasteiger partial charge on any atom is -0.486 e. The number of amides is 2. The van der Waals surface area contributed by atoms with Crippen molar-refractivity contribution < 1.29 is 29.6 Å². The molecular formula is C19H36N2O6. The van der Waals surface area contributed by atoms with Crippen LogP contribution in [-0.2, 0) is 14.3 Å². The molecule has 8 heteroatoms. The number of carbonyl (C=O) groups excluding carboxylic acids is 2. The lowest BCUT2D eigenvalue weighted by Crippen LogP contribution is -2.53. The first-order valence-electron chi connectivity index (χ1n) is 9.76. The van der Waals surface area contributed by atoms with Gasteiger partial charge in [0.2, 0.25) is 12.0 Å². The molecule has 0 radical (unpaired) electrons. The van der Waals surface area contributed by atoms with Crippen molar-refractivity contribution in [3.63, 3.8) is 0 Å². The summed E-state index contributed by atoms with van der Waals surface area (Å²) < 4.78 is 5.07. The Morgan fingerprint density at radius 3 is 1.85 bits per heavy atom. The Morgan fingerprint density at radius 1 is 0.852 bits per heavy atom. The maximum atomic E-state index is 11.4. The average Bonchev–Trinajstić information content (AvgIpc) is 2.63. The first-order valence-corrected chi connectivity index (χ1v) is 9.76. The van der Waals surface area contributed by atoms with Gasteiger partial charge in [-0.05, 0) is 18.9 Å². The van der Waals surface area contributed by atoms with Gasteiger partial charge >= 0.3 is 0 Å². The van der Waals surface area contributed by atoms with Crippen LogP contribution >= 0.6 is 0 Å².